The molecule has 2 N–H and O–H groups in total. The van der Waals surface area contributed by atoms with Gasteiger partial charge in [0.1, 0.15) is 17.1 Å². The van der Waals surface area contributed by atoms with E-state index in [4.69, 9.17) is 15.2 Å². The van der Waals surface area contributed by atoms with Crippen LogP contribution in [0.15, 0.2) is 18.2 Å². The molecule has 0 radical (unpaired) electrons. The molecule has 0 unspecified atom stereocenters. The molecule has 0 atom stereocenters. The molecule has 104 valence electrons. The number of ether oxygens (including phenoxy) is 2. The quantitative estimate of drug-likeness (QED) is 0.829. The minimum atomic E-state index is -0.443. The van der Waals surface area contributed by atoms with Gasteiger partial charge in [-0.1, -0.05) is 18.9 Å². The molecule has 0 saturated heterocycles. The van der Waals surface area contributed by atoms with Crippen LogP contribution in [-0.4, -0.2) is 26.5 Å². The predicted octanol–water partition coefficient (Wildman–Crippen LogP) is 2.41. The Morgan fingerprint density at radius 3 is 2.16 bits per heavy atom. The van der Waals surface area contributed by atoms with E-state index in [0.717, 1.165) is 25.7 Å². The van der Waals surface area contributed by atoms with E-state index in [9.17, 15) is 4.79 Å². The second-order valence-corrected chi connectivity index (χ2v) is 5.06. The number of ketones is 1. The summed E-state index contributed by atoms with van der Waals surface area (Å²) < 4.78 is 10.6. The maximum absolute atomic E-state index is 12.9. The molecule has 1 fully saturated rings. The normalized spacial score (nSPS) is 17.2. The van der Waals surface area contributed by atoms with Crippen molar-refractivity contribution in [3.05, 3.63) is 23.8 Å². The van der Waals surface area contributed by atoms with E-state index in [1.165, 1.54) is 0 Å². The molecule has 1 saturated carbocycles. The van der Waals surface area contributed by atoms with Gasteiger partial charge in [-0.3, -0.25) is 4.79 Å². The summed E-state index contributed by atoms with van der Waals surface area (Å²) in [6.45, 7) is 0.382. The topological polar surface area (TPSA) is 61.5 Å². The number of hydrogen-bond donors (Lipinski definition) is 1. The maximum atomic E-state index is 12.9. The van der Waals surface area contributed by atoms with Crippen LogP contribution in [0.5, 0.6) is 11.5 Å². The van der Waals surface area contributed by atoms with Gasteiger partial charge in [-0.25, -0.2) is 0 Å². The Morgan fingerprint density at radius 2 is 1.74 bits per heavy atom. The van der Waals surface area contributed by atoms with Gasteiger partial charge in [-0.15, -0.1) is 0 Å². The van der Waals surface area contributed by atoms with Gasteiger partial charge in [-0.05, 0) is 25.0 Å². The highest BCUT2D eigenvalue weighted by Crippen LogP contribution is 2.43. The molecule has 1 aliphatic rings. The van der Waals surface area contributed by atoms with Crippen LogP contribution in [0, 0.1) is 5.41 Å². The predicted molar refractivity (Wildman–Crippen MR) is 73.8 cm³/mol. The van der Waals surface area contributed by atoms with E-state index in [1.54, 1.807) is 26.4 Å². The lowest BCUT2D eigenvalue weighted by Crippen LogP contribution is -2.36. The van der Waals surface area contributed by atoms with E-state index in [1.807, 2.05) is 6.07 Å². The first-order chi connectivity index (χ1) is 9.18. The summed E-state index contributed by atoms with van der Waals surface area (Å²) in [5, 5.41) is 0. The summed E-state index contributed by atoms with van der Waals surface area (Å²) in [6, 6.07) is 5.39. The lowest BCUT2D eigenvalue weighted by atomic mass is 9.78. The SMILES string of the molecule is COc1cccc(OC)c1C(=O)C1(CN)CCCC1. The van der Waals surface area contributed by atoms with Crippen LogP contribution >= 0.6 is 0 Å². The second-order valence-electron chi connectivity index (χ2n) is 5.06. The molecule has 4 heteroatoms. The number of benzene rings is 1. The number of carbonyl (C=O) groups is 1. The highest BCUT2D eigenvalue weighted by Gasteiger charge is 2.42. The second kappa shape index (κ2) is 5.61. The zero-order chi connectivity index (χ0) is 13.9. The number of hydrogen-bond acceptors (Lipinski definition) is 4. The van der Waals surface area contributed by atoms with Crippen molar-refractivity contribution >= 4 is 5.78 Å². The van der Waals surface area contributed by atoms with Gasteiger partial charge in [0.2, 0.25) is 0 Å². The number of carbonyl (C=O) groups excluding carboxylic acids is 1. The molecule has 0 aromatic heterocycles. The van der Waals surface area contributed by atoms with Crippen molar-refractivity contribution in [2.45, 2.75) is 25.7 Å². The van der Waals surface area contributed by atoms with Crippen LogP contribution in [0.2, 0.25) is 0 Å². The molecule has 19 heavy (non-hydrogen) atoms. The van der Waals surface area contributed by atoms with Crippen molar-refractivity contribution in [3.8, 4) is 11.5 Å². The summed E-state index contributed by atoms with van der Waals surface area (Å²) in [6.07, 6.45) is 3.81. The fourth-order valence-electron chi connectivity index (χ4n) is 2.92. The average Bonchev–Trinajstić information content (AvgIpc) is 2.95. The molecule has 0 aliphatic heterocycles. The van der Waals surface area contributed by atoms with Crippen LogP contribution in [0.4, 0.5) is 0 Å². The van der Waals surface area contributed by atoms with Gasteiger partial charge in [0.15, 0.2) is 5.78 Å². The van der Waals surface area contributed by atoms with E-state index in [-0.39, 0.29) is 5.78 Å². The minimum Gasteiger partial charge on any atom is -0.496 e. The number of nitrogens with two attached hydrogens (primary N) is 1. The lowest BCUT2D eigenvalue weighted by Gasteiger charge is -2.27. The number of Topliss-reactive ketones (excluding diaryl/α,β-unsaturated/α-hetero) is 1. The van der Waals surface area contributed by atoms with Crippen molar-refractivity contribution in [2.24, 2.45) is 11.1 Å². The van der Waals surface area contributed by atoms with Gasteiger partial charge >= 0.3 is 0 Å². The zero-order valence-corrected chi connectivity index (χ0v) is 11.6. The molecule has 1 aliphatic carbocycles. The van der Waals surface area contributed by atoms with Crippen LogP contribution in [0.3, 0.4) is 0 Å². The molecule has 1 aromatic rings. The maximum Gasteiger partial charge on any atom is 0.177 e. The monoisotopic (exact) mass is 263 g/mol. The summed E-state index contributed by atoms with van der Waals surface area (Å²) >= 11 is 0. The van der Waals surface area contributed by atoms with Crippen molar-refractivity contribution < 1.29 is 14.3 Å². The van der Waals surface area contributed by atoms with E-state index >= 15 is 0 Å². The Balaban J connectivity index is 2.48. The Bertz CT molecular complexity index is 442. The third-order valence-corrected chi connectivity index (χ3v) is 4.09. The molecule has 0 spiro atoms. The fourth-order valence-corrected chi connectivity index (χ4v) is 2.92. The van der Waals surface area contributed by atoms with Crippen LogP contribution < -0.4 is 15.2 Å². The Morgan fingerprint density at radius 1 is 1.21 bits per heavy atom. The van der Waals surface area contributed by atoms with Crippen LogP contribution in [0.1, 0.15) is 36.0 Å². The summed E-state index contributed by atoms with van der Waals surface area (Å²) in [7, 11) is 3.13. The van der Waals surface area contributed by atoms with Crippen molar-refractivity contribution in [2.75, 3.05) is 20.8 Å². The fraction of sp³-hybridized carbons (Fsp3) is 0.533. The van der Waals surface area contributed by atoms with Crippen LogP contribution in [0.25, 0.3) is 0 Å². The third kappa shape index (κ3) is 2.32. The number of methoxy groups -OCH3 is 2. The summed E-state index contributed by atoms with van der Waals surface area (Å²) in [5.41, 5.74) is 5.97. The first-order valence-corrected chi connectivity index (χ1v) is 6.64. The lowest BCUT2D eigenvalue weighted by molar-refractivity contribution is 0.0803. The number of rotatable bonds is 5. The van der Waals surface area contributed by atoms with Gasteiger partial charge in [0.25, 0.3) is 0 Å². The molecular formula is C15H21NO3. The molecule has 0 amide bonds. The Kier molecular flexibility index (Phi) is 4.10. The van der Waals surface area contributed by atoms with Gasteiger partial charge in [-0.2, -0.15) is 0 Å². The van der Waals surface area contributed by atoms with Gasteiger partial charge in [0.05, 0.1) is 14.2 Å². The largest absolute Gasteiger partial charge is 0.496 e. The third-order valence-electron chi connectivity index (χ3n) is 4.09. The van der Waals surface area contributed by atoms with Gasteiger partial charge < -0.3 is 15.2 Å². The standard InChI is InChI=1S/C15H21NO3/c1-18-11-6-5-7-12(19-2)13(11)14(17)15(10-16)8-3-4-9-15/h5-7H,3-4,8-10,16H2,1-2H3. The first-order valence-electron chi connectivity index (χ1n) is 6.64. The van der Waals surface area contributed by atoms with Crippen LogP contribution in [-0.2, 0) is 0 Å². The molecule has 0 heterocycles. The highest BCUT2D eigenvalue weighted by atomic mass is 16.5. The Labute approximate surface area is 113 Å². The minimum absolute atomic E-state index is 0.0572. The summed E-state index contributed by atoms with van der Waals surface area (Å²) in [5.74, 6) is 1.18. The smallest absolute Gasteiger partial charge is 0.177 e. The molecule has 0 bridgehead atoms. The van der Waals surface area contributed by atoms with E-state index in [0.29, 0.717) is 23.6 Å². The van der Waals surface area contributed by atoms with E-state index in [2.05, 4.69) is 0 Å². The zero-order valence-electron chi connectivity index (χ0n) is 11.6. The Hall–Kier alpha value is -1.55. The van der Waals surface area contributed by atoms with Crippen molar-refractivity contribution in [3.63, 3.8) is 0 Å². The molecule has 1 aromatic carbocycles. The summed E-state index contributed by atoms with van der Waals surface area (Å²) in [4.78, 5) is 12.9. The first kappa shape index (κ1) is 13.9. The van der Waals surface area contributed by atoms with E-state index < -0.39 is 5.41 Å². The van der Waals surface area contributed by atoms with Gasteiger partial charge in [0, 0.05) is 12.0 Å². The molecule has 4 nitrogen and oxygen atoms in total. The molecule has 2 rings (SSSR count). The molecular weight excluding hydrogens is 242 g/mol. The highest BCUT2D eigenvalue weighted by molar-refractivity contribution is 6.05. The average molecular weight is 263 g/mol. The van der Waals surface area contributed by atoms with Crippen molar-refractivity contribution in [1.82, 2.24) is 0 Å². The van der Waals surface area contributed by atoms with Crippen molar-refractivity contribution in [1.29, 1.82) is 0 Å².